The fourth-order valence-electron chi connectivity index (χ4n) is 2.95. The van der Waals surface area contributed by atoms with Gasteiger partial charge in [0.05, 0.1) is 5.37 Å². The van der Waals surface area contributed by atoms with Gasteiger partial charge in [-0.2, -0.15) is 0 Å². The van der Waals surface area contributed by atoms with Crippen LogP contribution in [-0.2, 0) is 5.75 Å². The maximum absolute atomic E-state index is 11.8. The highest BCUT2D eigenvalue weighted by atomic mass is 32.2. The predicted octanol–water partition coefficient (Wildman–Crippen LogP) is 4.21. The zero-order chi connectivity index (χ0) is 18.5. The standard InChI is InChI=1S/C21H23N3OS/c1-15-10-16(2)12-18(11-15)24-9-5-4-6-20(24)26-14-17-7-8-23-19(13-17)21(25)22-3/h4-13,20H,14H2,1-3H3,(H,22,25). The van der Waals surface area contributed by atoms with Crippen molar-refractivity contribution in [2.24, 2.45) is 0 Å². The van der Waals surface area contributed by atoms with Crippen molar-refractivity contribution in [2.75, 3.05) is 11.9 Å². The van der Waals surface area contributed by atoms with E-state index >= 15 is 0 Å². The minimum absolute atomic E-state index is 0.158. The number of carbonyl (C=O) groups excluding carboxylic acids is 1. The van der Waals surface area contributed by atoms with Crippen LogP contribution in [0.4, 0.5) is 5.69 Å². The molecule has 26 heavy (non-hydrogen) atoms. The lowest BCUT2D eigenvalue weighted by Gasteiger charge is -2.30. The smallest absolute Gasteiger partial charge is 0.269 e. The summed E-state index contributed by atoms with van der Waals surface area (Å²) in [5.74, 6) is 0.644. The summed E-state index contributed by atoms with van der Waals surface area (Å²) in [6.07, 6.45) is 10.2. The zero-order valence-electron chi connectivity index (χ0n) is 15.3. The lowest BCUT2D eigenvalue weighted by Crippen LogP contribution is -2.27. The molecule has 0 radical (unpaired) electrons. The molecule has 1 aromatic heterocycles. The average Bonchev–Trinajstić information content (AvgIpc) is 2.65. The first-order valence-corrected chi connectivity index (χ1v) is 9.62. The molecule has 0 fully saturated rings. The summed E-state index contributed by atoms with van der Waals surface area (Å²) in [4.78, 5) is 18.2. The van der Waals surface area contributed by atoms with Gasteiger partial charge in [-0.15, -0.1) is 11.8 Å². The minimum Gasteiger partial charge on any atom is -0.354 e. The van der Waals surface area contributed by atoms with Gasteiger partial charge in [-0.1, -0.05) is 18.2 Å². The Morgan fingerprint density at radius 3 is 2.69 bits per heavy atom. The number of allylic oxidation sites excluding steroid dienone is 2. The summed E-state index contributed by atoms with van der Waals surface area (Å²) < 4.78 is 0. The first-order chi connectivity index (χ1) is 12.6. The van der Waals surface area contributed by atoms with Gasteiger partial charge in [-0.3, -0.25) is 9.78 Å². The molecule has 1 aliphatic heterocycles. The number of anilines is 1. The Hall–Kier alpha value is -2.53. The summed E-state index contributed by atoms with van der Waals surface area (Å²) in [7, 11) is 1.62. The van der Waals surface area contributed by atoms with E-state index in [2.05, 4.69) is 71.7 Å². The molecule has 1 unspecified atom stereocenters. The van der Waals surface area contributed by atoms with Crippen molar-refractivity contribution in [2.45, 2.75) is 25.0 Å². The van der Waals surface area contributed by atoms with E-state index in [-0.39, 0.29) is 11.3 Å². The number of aryl methyl sites for hydroxylation is 2. The number of benzene rings is 1. The van der Waals surface area contributed by atoms with Crippen molar-refractivity contribution in [1.82, 2.24) is 10.3 Å². The van der Waals surface area contributed by atoms with Gasteiger partial charge in [0.1, 0.15) is 5.69 Å². The Kier molecular flexibility index (Phi) is 5.78. The molecule has 0 spiro atoms. The Labute approximate surface area is 159 Å². The zero-order valence-corrected chi connectivity index (χ0v) is 16.1. The van der Waals surface area contributed by atoms with Crippen LogP contribution in [-0.4, -0.2) is 23.3 Å². The molecule has 3 rings (SSSR count). The summed E-state index contributed by atoms with van der Waals surface area (Å²) in [6.45, 7) is 4.25. The molecule has 1 aliphatic rings. The molecule has 1 atom stereocenters. The van der Waals surface area contributed by atoms with Gasteiger partial charge < -0.3 is 10.2 Å². The van der Waals surface area contributed by atoms with E-state index in [0.717, 1.165) is 11.3 Å². The third-order valence-corrected chi connectivity index (χ3v) is 5.34. The van der Waals surface area contributed by atoms with Gasteiger partial charge in [-0.25, -0.2) is 0 Å². The fraction of sp³-hybridized carbons (Fsp3) is 0.238. The number of carbonyl (C=O) groups is 1. The number of nitrogens with zero attached hydrogens (tertiary/aromatic N) is 2. The fourth-order valence-corrected chi connectivity index (χ4v) is 4.04. The molecule has 1 N–H and O–H groups in total. The summed E-state index contributed by atoms with van der Waals surface area (Å²) >= 11 is 1.82. The second kappa shape index (κ2) is 8.23. The van der Waals surface area contributed by atoms with Crippen LogP contribution in [0.5, 0.6) is 0 Å². The number of thioether (sulfide) groups is 1. The van der Waals surface area contributed by atoms with Crippen LogP contribution in [0.2, 0.25) is 0 Å². The van der Waals surface area contributed by atoms with E-state index in [1.807, 2.05) is 23.9 Å². The second-order valence-electron chi connectivity index (χ2n) is 6.31. The van der Waals surface area contributed by atoms with Crippen LogP contribution >= 0.6 is 11.8 Å². The predicted molar refractivity (Wildman–Crippen MR) is 109 cm³/mol. The van der Waals surface area contributed by atoms with Gasteiger partial charge >= 0.3 is 0 Å². The minimum atomic E-state index is -0.158. The van der Waals surface area contributed by atoms with Crippen molar-refractivity contribution in [3.8, 4) is 0 Å². The van der Waals surface area contributed by atoms with Crippen molar-refractivity contribution in [3.05, 3.63) is 83.3 Å². The third-order valence-electron chi connectivity index (χ3n) is 4.12. The topological polar surface area (TPSA) is 45.2 Å². The van der Waals surface area contributed by atoms with Crippen LogP contribution in [0.3, 0.4) is 0 Å². The number of pyridine rings is 1. The van der Waals surface area contributed by atoms with Gasteiger partial charge in [0, 0.05) is 30.9 Å². The molecule has 4 nitrogen and oxygen atoms in total. The maximum atomic E-state index is 11.8. The number of aromatic nitrogens is 1. The van der Waals surface area contributed by atoms with E-state index in [4.69, 9.17) is 0 Å². The first kappa shape index (κ1) is 18.3. The normalized spacial score (nSPS) is 16.0. The SMILES string of the molecule is CNC(=O)c1cc(CSC2C=CC=CN2c2cc(C)cc(C)c2)ccn1. The van der Waals surface area contributed by atoms with Crippen LogP contribution in [0.25, 0.3) is 0 Å². The van der Waals surface area contributed by atoms with Crippen molar-refractivity contribution in [3.63, 3.8) is 0 Å². The summed E-state index contributed by atoms with van der Waals surface area (Å²) in [6, 6.07) is 10.4. The van der Waals surface area contributed by atoms with E-state index < -0.39 is 0 Å². The van der Waals surface area contributed by atoms with Gasteiger partial charge in [0.15, 0.2) is 0 Å². The van der Waals surface area contributed by atoms with Gasteiger partial charge in [0.25, 0.3) is 5.91 Å². The van der Waals surface area contributed by atoms with E-state index in [1.54, 1.807) is 13.2 Å². The largest absolute Gasteiger partial charge is 0.354 e. The molecule has 134 valence electrons. The Morgan fingerprint density at radius 1 is 1.19 bits per heavy atom. The van der Waals surface area contributed by atoms with Crippen LogP contribution in [0.15, 0.2) is 61.0 Å². The molecule has 0 bridgehead atoms. The third kappa shape index (κ3) is 4.35. The molecule has 1 amide bonds. The monoisotopic (exact) mass is 365 g/mol. The molecule has 2 heterocycles. The quantitative estimate of drug-likeness (QED) is 0.862. The second-order valence-corrected chi connectivity index (χ2v) is 7.41. The summed E-state index contributed by atoms with van der Waals surface area (Å²) in [5.41, 5.74) is 5.26. The number of amides is 1. The van der Waals surface area contributed by atoms with Gasteiger partial charge in [-0.05, 0) is 60.9 Å². The average molecular weight is 366 g/mol. The van der Waals surface area contributed by atoms with Crippen molar-refractivity contribution in [1.29, 1.82) is 0 Å². The molecular weight excluding hydrogens is 342 g/mol. The molecule has 0 aliphatic carbocycles. The highest BCUT2D eigenvalue weighted by Gasteiger charge is 2.18. The molecule has 5 heteroatoms. The number of hydrogen-bond acceptors (Lipinski definition) is 4. The first-order valence-electron chi connectivity index (χ1n) is 8.57. The molecule has 2 aromatic rings. The van der Waals surface area contributed by atoms with E-state index in [0.29, 0.717) is 5.69 Å². The van der Waals surface area contributed by atoms with Crippen molar-refractivity contribution < 1.29 is 4.79 Å². The Morgan fingerprint density at radius 2 is 1.96 bits per heavy atom. The Bertz CT molecular complexity index is 840. The Balaban J connectivity index is 1.75. The highest BCUT2D eigenvalue weighted by Crippen LogP contribution is 2.30. The number of hydrogen-bond donors (Lipinski definition) is 1. The van der Waals surface area contributed by atoms with Crippen molar-refractivity contribution >= 4 is 23.4 Å². The highest BCUT2D eigenvalue weighted by molar-refractivity contribution is 7.99. The van der Waals surface area contributed by atoms with Crippen LogP contribution in [0.1, 0.15) is 27.2 Å². The number of nitrogens with one attached hydrogen (secondary N) is 1. The maximum Gasteiger partial charge on any atom is 0.269 e. The lowest BCUT2D eigenvalue weighted by molar-refractivity contribution is 0.0958. The van der Waals surface area contributed by atoms with E-state index in [9.17, 15) is 4.79 Å². The lowest BCUT2D eigenvalue weighted by atomic mass is 10.1. The van der Waals surface area contributed by atoms with Crippen LogP contribution in [0, 0.1) is 13.8 Å². The molecule has 1 aromatic carbocycles. The summed E-state index contributed by atoms with van der Waals surface area (Å²) in [5, 5.41) is 2.82. The number of rotatable bonds is 5. The van der Waals surface area contributed by atoms with Crippen LogP contribution < -0.4 is 10.2 Å². The molecule has 0 saturated heterocycles. The molecule has 0 saturated carbocycles. The molecular formula is C21H23N3OS. The van der Waals surface area contributed by atoms with Gasteiger partial charge in [0.2, 0.25) is 0 Å². The van der Waals surface area contributed by atoms with E-state index in [1.165, 1.54) is 16.8 Å².